The summed E-state index contributed by atoms with van der Waals surface area (Å²) in [5.41, 5.74) is 5.58. The van der Waals surface area contributed by atoms with Gasteiger partial charge in [0.2, 0.25) is 0 Å². The zero-order valence-electron chi connectivity index (χ0n) is 14.5. The van der Waals surface area contributed by atoms with Crippen LogP contribution in [0, 0.1) is 13.8 Å². The Hall–Kier alpha value is -3.12. The number of rotatable bonds is 3. The maximum atomic E-state index is 12.3. The number of fused-ring (bicyclic) bond motifs is 1. The summed E-state index contributed by atoms with van der Waals surface area (Å²) in [6.45, 7) is 4.01. The Morgan fingerprint density at radius 1 is 1.12 bits per heavy atom. The molecule has 4 aromatic rings. The van der Waals surface area contributed by atoms with Crippen LogP contribution in [-0.4, -0.2) is 15.4 Å². The number of hydrogen-bond acceptors (Lipinski definition) is 3. The van der Waals surface area contributed by atoms with E-state index in [0.29, 0.717) is 0 Å². The van der Waals surface area contributed by atoms with E-state index in [0.717, 1.165) is 33.2 Å². The Balaban J connectivity index is 1.51. The van der Waals surface area contributed by atoms with E-state index in [1.807, 2.05) is 78.5 Å². The van der Waals surface area contributed by atoms with E-state index < -0.39 is 0 Å². The number of amides is 2. The fourth-order valence-corrected chi connectivity index (χ4v) is 3.56. The van der Waals surface area contributed by atoms with Gasteiger partial charge in [-0.25, -0.2) is 9.78 Å². The molecule has 0 unspecified atom stereocenters. The van der Waals surface area contributed by atoms with Crippen LogP contribution >= 0.6 is 11.3 Å². The van der Waals surface area contributed by atoms with Gasteiger partial charge in [0.15, 0.2) is 4.96 Å². The first-order valence-corrected chi connectivity index (χ1v) is 9.14. The van der Waals surface area contributed by atoms with Crippen molar-refractivity contribution in [3.8, 4) is 11.3 Å². The summed E-state index contributed by atoms with van der Waals surface area (Å²) in [5, 5.41) is 7.78. The highest BCUT2D eigenvalue weighted by Crippen LogP contribution is 2.24. The zero-order valence-corrected chi connectivity index (χ0v) is 15.3. The van der Waals surface area contributed by atoms with Crippen molar-refractivity contribution in [3.05, 3.63) is 71.4 Å². The van der Waals surface area contributed by atoms with Crippen molar-refractivity contribution in [3.63, 3.8) is 0 Å². The summed E-state index contributed by atoms with van der Waals surface area (Å²) in [5.74, 6) is 0. The molecule has 0 aliphatic carbocycles. The summed E-state index contributed by atoms with van der Waals surface area (Å²) in [6.07, 6.45) is 3.97. The van der Waals surface area contributed by atoms with Gasteiger partial charge >= 0.3 is 6.03 Å². The van der Waals surface area contributed by atoms with Crippen LogP contribution in [-0.2, 0) is 0 Å². The van der Waals surface area contributed by atoms with E-state index in [1.165, 1.54) is 5.56 Å². The number of thiazole rings is 1. The Kier molecular flexibility index (Phi) is 4.18. The fourth-order valence-electron chi connectivity index (χ4n) is 2.86. The number of nitrogens with one attached hydrogen (secondary N) is 2. The number of aromatic nitrogens is 2. The highest BCUT2D eigenvalue weighted by molar-refractivity contribution is 7.15. The van der Waals surface area contributed by atoms with Crippen LogP contribution in [0.3, 0.4) is 0 Å². The predicted octanol–water partition coefficient (Wildman–Crippen LogP) is 5.32. The minimum absolute atomic E-state index is 0.264. The molecule has 4 rings (SSSR count). The van der Waals surface area contributed by atoms with Gasteiger partial charge in [-0.3, -0.25) is 4.40 Å². The molecule has 26 heavy (non-hydrogen) atoms. The molecule has 0 aliphatic rings. The Morgan fingerprint density at radius 2 is 2.00 bits per heavy atom. The number of anilines is 2. The molecular formula is C20H18N4OS. The molecule has 2 amide bonds. The van der Waals surface area contributed by atoms with Crippen LogP contribution in [0.1, 0.15) is 11.1 Å². The van der Waals surface area contributed by atoms with E-state index in [1.54, 1.807) is 11.3 Å². The van der Waals surface area contributed by atoms with E-state index >= 15 is 0 Å². The first-order chi connectivity index (χ1) is 12.6. The van der Waals surface area contributed by atoms with Crippen LogP contribution < -0.4 is 10.6 Å². The predicted molar refractivity (Wildman–Crippen MR) is 107 cm³/mol. The topological polar surface area (TPSA) is 58.4 Å². The van der Waals surface area contributed by atoms with Crippen LogP contribution in [0.2, 0.25) is 0 Å². The number of aryl methyl sites for hydroxylation is 2. The first-order valence-electron chi connectivity index (χ1n) is 8.26. The quantitative estimate of drug-likeness (QED) is 0.518. The highest BCUT2D eigenvalue weighted by Gasteiger charge is 2.08. The van der Waals surface area contributed by atoms with Gasteiger partial charge in [-0.2, -0.15) is 0 Å². The maximum Gasteiger partial charge on any atom is 0.323 e. The highest BCUT2D eigenvalue weighted by atomic mass is 32.1. The van der Waals surface area contributed by atoms with Gasteiger partial charge in [0, 0.05) is 34.7 Å². The van der Waals surface area contributed by atoms with Gasteiger partial charge in [0.05, 0.1) is 5.69 Å². The number of urea groups is 1. The molecule has 0 radical (unpaired) electrons. The lowest BCUT2D eigenvalue weighted by Gasteiger charge is -2.11. The molecule has 2 aromatic carbocycles. The Morgan fingerprint density at radius 3 is 2.81 bits per heavy atom. The minimum Gasteiger partial charge on any atom is -0.308 e. The monoisotopic (exact) mass is 362 g/mol. The Bertz CT molecular complexity index is 1070. The fraction of sp³-hybridized carbons (Fsp3) is 0.100. The number of benzene rings is 2. The third-order valence-electron chi connectivity index (χ3n) is 4.14. The molecule has 6 heteroatoms. The average molecular weight is 362 g/mol. The van der Waals surface area contributed by atoms with Crippen LogP contribution in [0.5, 0.6) is 0 Å². The van der Waals surface area contributed by atoms with Gasteiger partial charge in [-0.1, -0.05) is 29.8 Å². The van der Waals surface area contributed by atoms with Gasteiger partial charge in [0.1, 0.15) is 0 Å². The number of imidazole rings is 1. The molecular weight excluding hydrogens is 344 g/mol. The second-order valence-electron chi connectivity index (χ2n) is 6.20. The second kappa shape index (κ2) is 6.65. The van der Waals surface area contributed by atoms with Crippen LogP contribution in [0.25, 0.3) is 16.2 Å². The zero-order chi connectivity index (χ0) is 18.1. The normalized spacial score (nSPS) is 10.8. The number of hydrogen-bond donors (Lipinski definition) is 2. The van der Waals surface area contributed by atoms with Crippen LogP contribution in [0.4, 0.5) is 16.2 Å². The van der Waals surface area contributed by atoms with Crippen molar-refractivity contribution in [1.82, 2.24) is 9.38 Å². The summed E-state index contributed by atoms with van der Waals surface area (Å²) >= 11 is 1.59. The first kappa shape index (κ1) is 16.4. The molecule has 0 spiro atoms. The molecule has 0 atom stereocenters. The lowest BCUT2D eigenvalue weighted by atomic mass is 10.1. The second-order valence-corrected chi connectivity index (χ2v) is 7.07. The minimum atomic E-state index is -0.264. The van der Waals surface area contributed by atoms with E-state index in [-0.39, 0.29) is 6.03 Å². The van der Waals surface area contributed by atoms with Crippen molar-refractivity contribution >= 4 is 33.7 Å². The number of nitrogens with zero attached hydrogens (tertiary/aromatic N) is 2. The van der Waals surface area contributed by atoms with Gasteiger partial charge in [-0.05, 0) is 37.6 Å². The molecule has 5 nitrogen and oxygen atoms in total. The summed E-state index contributed by atoms with van der Waals surface area (Å²) in [4.78, 5) is 17.9. The lowest BCUT2D eigenvalue weighted by molar-refractivity contribution is 0.262. The third kappa shape index (κ3) is 3.32. The number of carbonyl (C=O) groups is 1. The van der Waals surface area contributed by atoms with E-state index in [4.69, 9.17) is 0 Å². The molecule has 0 saturated carbocycles. The van der Waals surface area contributed by atoms with Gasteiger partial charge in [0.25, 0.3) is 0 Å². The average Bonchev–Trinajstić information content (AvgIpc) is 3.19. The molecule has 2 N–H and O–H groups in total. The summed E-state index contributed by atoms with van der Waals surface area (Å²) in [6, 6.07) is 13.4. The van der Waals surface area contributed by atoms with Gasteiger partial charge in [-0.15, -0.1) is 11.3 Å². The largest absolute Gasteiger partial charge is 0.323 e. The molecule has 130 valence electrons. The van der Waals surface area contributed by atoms with Crippen molar-refractivity contribution < 1.29 is 4.79 Å². The van der Waals surface area contributed by atoms with Gasteiger partial charge < -0.3 is 10.6 Å². The lowest BCUT2D eigenvalue weighted by Crippen LogP contribution is -2.20. The van der Waals surface area contributed by atoms with Crippen molar-refractivity contribution in [2.45, 2.75) is 13.8 Å². The van der Waals surface area contributed by atoms with Crippen LogP contribution in [0.15, 0.2) is 60.2 Å². The smallest absolute Gasteiger partial charge is 0.308 e. The molecule has 0 bridgehead atoms. The van der Waals surface area contributed by atoms with E-state index in [2.05, 4.69) is 15.6 Å². The summed E-state index contributed by atoms with van der Waals surface area (Å²) < 4.78 is 1.99. The maximum absolute atomic E-state index is 12.3. The van der Waals surface area contributed by atoms with E-state index in [9.17, 15) is 4.79 Å². The van der Waals surface area contributed by atoms with Crippen molar-refractivity contribution in [1.29, 1.82) is 0 Å². The Labute approximate surface area is 155 Å². The van der Waals surface area contributed by atoms with Crippen molar-refractivity contribution in [2.75, 3.05) is 10.6 Å². The molecule has 2 heterocycles. The molecule has 0 fully saturated rings. The third-order valence-corrected chi connectivity index (χ3v) is 4.91. The molecule has 2 aromatic heterocycles. The number of carbonyl (C=O) groups excluding carboxylic acids is 1. The SMILES string of the molecule is Cc1ccc(NC(=O)Nc2cccc(-c3cn4ccsc4n3)c2)c(C)c1. The molecule has 0 saturated heterocycles. The molecule has 0 aliphatic heterocycles. The van der Waals surface area contributed by atoms with Crippen molar-refractivity contribution in [2.24, 2.45) is 0 Å². The summed E-state index contributed by atoms with van der Waals surface area (Å²) in [7, 11) is 0. The standard InChI is InChI=1S/C20H18N4OS/c1-13-6-7-17(14(2)10-13)22-19(25)21-16-5-3-4-15(11-16)18-12-24-8-9-26-20(24)23-18/h3-12H,1-2H3,(H2,21,22,25).